The Kier molecular flexibility index (Phi) is 5.49. The van der Waals surface area contributed by atoms with E-state index < -0.39 is 0 Å². The first-order valence-electron chi connectivity index (χ1n) is 6.86. The quantitative estimate of drug-likeness (QED) is 0.736. The fraction of sp³-hybridized carbons (Fsp3) is 0.600. The molecule has 1 N–H and O–H groups in total. The van der Waals surface area contributed by atoms with Crippen molar-refractivity contribution in [2.45, 2.75) is 59.2 Å². The van der Waals surface area contributed by atoms with Crippen molar-refractivity contribution in [3.63, 3.8) is 0 Å². The highest BCUT2D eigenvalue weighted by molar-refractivity contribution is 5.41. The molecule has 2 heteroatoms. The molecule has 17 heavy (non-hydrogen) atoms. The van der Waals surface area contributed by atoms with Crippen LogP contribution < -0.4 is 10.1 Å². The number of fused-ring (bicyclic) bond motifs is 3. The minimum absolute atomic E-state index is 0.229. The summed E-state index contributed by atoms with van der Waals surface area (Å²) in [6.07, 6.45) is 1.43. The molecule has 1 aromatic rings. The number of hydrogen-bond donors (Lipinski definition) is 1. The van der Waals surface area contributed by atoms with Gasteiger partial charge in [0.1, 0.15) is 5.75 Å². The van der Waals surface area contributed by atoms with Crippen LogP contribution in [-0.4, -0.2) is 12.3 Å². The van der Waals surface area contributed by atoms with Gasteiger partial charge in [0.05, 0.1) is 0 Å². The number of nitrogens with one attached hydrogen (secondary N) is 1. The van der Waals surface area contributed by atoms with Gasteiger partial charge in [-0.05, 0) is 19.4 Å². The largest absolute Gasteiger partial charge is 0.474 e. The number of benzene rings is 1. The lowest BCUT2D eigenvalue weighted by Gasteiger charge is -2.09. The number of ether oxygens (including phenoxy) is 1. The molecule has 0 spiro atoms. The first kappa shape index (κ1) is 14.0. The van der Waals surface area contributed by atoms with Crippen LogP contribution in [-0.2, 0) is 0 Å². The molecule has 0 amide bonds. The average Bonchev–Trinajstić information content (AvgIpc) is 2.90. The molecular weight excluding hydrogens is 210 g/mol. The smallest absolute Gasteiger partial charge is 0.157 e. The molecule has 3 unspecified atom stereocenters. The van der Waals surface area contributed by atoms with Crippen molar-refractivity contribution in [2.24, 2.45) is 0 Å². The molecule has 0 aromatic heterocycles. The maximum atomic E-state index is 5.79. The van der Waals surface area contributed by atoms with Crippen LogP contribution in [0.3, 0.4) is 0 Å². The summed E-state index contributed by atoms with van der Waals surface area (Å²) in [5, 5.41) is 3.44. The Bertz CT molecular complexity index is 337. The van der Waals surface area contributed by atoms with Crippen LogP contribution in [0.5, 0.6) is 5.75 Å². The lowest BCUT2D eigenvalue weighted by atomic mass is 9.97. The van der Waals surface area contributed by atoms with Crippen molar-refractivity contribution in [3.8, 4) is 5.75 Å². The van der Waals surface area contributed by atoms with Crippen LogP contribution in [0.25, 0.3) is 0 Å². The number of hydrogen-bond acceptors (Lipinski definition) is 2. The third kappa shape index (κ3) is 2.81. The van der Waals surface area contributed by atoms with E-state index in [1.807, 2.05) is 33.8 Å². The average molecular weight is 235 g/mol. The zero-order chi connectivity index (χ0) is 12.8. The monoisotopic (exact) mass is 235 g/mol. The van der Waals surface area contributed by atoms with Crippen molar-refractivity contribution < 1.29 is 4.74 Å². The number of para-hydroxylation sites is 1. The molecule has 1 fully saturated rings. The lowest BCUT2D eigenvalue weighted by molar-refractivity contribution is 0.196. The van der Waals surface area contributed by atoms with Gasteiger partial charge in [0.25, 0.3) is 0 Å². The molecule has 1 aromatic carbocycles. The third-order valence-corrected chi connectivity index (χ3v) is 2.99. The molecule has 0 radical (unpaired) electrons. The molecule has 3 atom stereocenters. The summed E-state index contributed by atoms with van der Waals surface area (Å²) < 4.78 is 5.79. The predicted octanol–water partition coefficient (Wildman–Crippen LogP) is 3.92. The molecule has 3 rings (SSSR count). The van der Waals surface area contributed by atoms with Gasteiger partial charge in [-0.3, -0.25) is 5.32 Å². The third-order valence-electron chi connectivity index (χ3n) is 2.99. The summed E-state index contributed by atoms with van der Waals surface area (Å²) in [5.74, 6) is 1.64. The van der Waals surface area contributed by atoms with E-state index in [1.165, 1.54) is 12.0 Å². The van der Waals surface area contributed by atoms with Gasteiger partial charge in [-0.2, -0.15) is 0 Å². The second kappa shape index (κ2) is 6.65. The fourth-order valence-corrected chi connectivity index (χ4v) is 2.41. The van der Waals surface area contributed by atoms with Gasteiger partial charge < -0.3 is 4.74 Å². The molecule has 2 heterocycles. The number of rotatable bonds is 0. The van der Waals surface area contributed by atoms with Gasteiger partial charge >= 0.3 is 0 Å². The Morgan fingerprint density at radius 2 is 1.76 bits per heavy atom. The van der Waals surface area contributed by atoms with E-state index >= 15 is 0 Å². The van der Waals surface area contributed by atoms with E-state index in [9.17, 15) is 0 Å². The van der Waals surface area contributed by atoms with Gasteiger partial charge in [0.15, 0.2) is 6.23 Å². The summed E-state index contributed by atoms with van der Waals surface area (Å²) in [6, 6.07) is 8.94. The Balaban J connectivity index is 0.000000330. The normalized spacial score (nSPS) is 27.7. The van der Waals surface area contributed by atoms with E-state index in [4.69, 9.17) is 4.74 Å². The van der Waals surface area contributed by atoms with Gasteiger partial charge in [0.2, 0.25) is 0 Å². The predicted molar refractivity (Wildman–Crippen MR) is 73.5 cm³/mol. The van der Waals surface area contributed by atoms with Crippen molar-refractivity contribution >= 4 is 0 Å². The van der Waals surface area contributed by atoms with E-state index in [2.05, 4.69) is 30.4 Å². The second-order valence-electron chi connectivity index (χ2n) is 3.99. The molecule has 96 valence electrons. The summed E-state index contributed by atoms with van der Waals surface area (Å²) in [4.78, 5) is 0. The van der Waals surface area contributed by atoms with Crippen molar-refractivity contribution in [3.05, 3.63) is 29.8 Å². The minimum atomic E-state index is 0.229. The summed E-state index contributed by atoms with van der Waals surface area (Å²) in [7, 11) is 0. The zero-order valence-electron chi connectivity index (χ0n) is 11.7. The van der Waals surface area contributed by atoms with Crippen LogP contribution in [0.1, 0.15) is 52.5 Å². The van der Waals surface area contributed by atoms with E-state index in [1.54, 1.807) is 0 Å². The molecule has 0 bridgehead atoms. The standard InChI is InChI=1S/C11H13NO.2C2H6/c1-7-6-9-8-4-2-3-5-10(8)13-11(9)12-7;2*1-2/h2-5,7,9,11-12H,6H2,1H3;2*1-2H3. The minimum Gasteiger partial charge on any atom is -0.474 e. The summed E-state index contributed by atoms with van der Waals surface area (Å²) in [6.45, 7) is 10.2. The summed E-state index contributed by atoms with van der Waals surface area (Å²) >= 11 is 0. The molecule has 2 nitrogen and oxygen atoms in total. The first-order chi connectivity index (χ1) is 8.34. The van der Waals surface area contributed by atoms with Crippen molar-refractivity contribution in [2.75, 3.05) is 0 Å². The van der Waals surface area contributed by atoms with Crippen LogP contribution in [0.4, 0.5) is 0 Å². The molecule has 0 saturated carbocycles. The Morgan fingerprint density at radius 3 is 2.47 bits per heavy atom. The van der Waals surface area contributed by atoms with Crippen molar-refractivity contribution in [1.29, 1.82) is 0 Å². The van der Waals surface area contributed by atoms with Crippen LogP contribution in [0.2, 0.25) is 0 Å². The zero-order valence-corrected chi connectivity index (χ0v) is 11.7. The molecule has 2 aliphatic rings. The molecule has 1 saturated heterocycles. The van der Waals surface area contributed by atoms with Gasteiger partial charge in [-0.15, -0.1) is 0 Å². The van der Waals surface area contributed by atoms with Crippen LogP contribution in [0, 0.1) is 0 Å². The Hall–Kier alpha value is -1.02. The van der Waals surface area contributed by atoms with Crippen molar-refractivity contribution in [1.82, 2.24) is 5.32 Å². The highest BCUT2D eigenvalue weighted by Crippen LogP contribution is 2.42. The van der Waals surface area contributed by atoms with Gasteiger partial charge in [-0.25, -0.2) is 0 Å². The molecular formula is C15H25NO. The maximum absolute atomic E-state index is 5.79. The fourth-order valence-electron chi connectivity index (χ4n) is 2.41. The van der Waals surface area contributed by atoms with Gasteiger partial charge in [-0.1, -0.05) is 45.9 Å². The topological polar surface area (TPSA) is 21.3 Å². The molecule has 0 aliphatic carbocycles. The van der Waals surface area contributed by atoms with Crippen LogP contribution in [0.15, 0.2) is 24.3 Å². The first-order valence-corrected chi connectivity index (χ1v) is 6.86. The Labute approximate surface area is 105 Å². The SMILES string of the molecule is CC.CC.CC1CC2c3ccccc3OC2N1. The molecule has 2 aliphatic heterocycles. The maximum Gasteiger partial charge on any atom is 0.157 e. The highest BCUT2D eigenvalue weighted by atomic mass is 16.5. The van der Waals surface area contributed by atoms with Gasteiger partial charge in [0, 0.05) is 17.5 Å². The van der Waals surface area contributed by atoms with E-state index in [0.717, 1.165) is 5.75 Å². The van der Waals surface area contributed by atoms with E-state index in [0.29, 0.717) is 12.0 Å². The summed E-state index contributed by atoms with van der Waals surface area (Å²) in [5.41, 5.74) is 1.38. The van der Waals surface area contributed by atoms with E-state index in [-0.39, 0.29) is 6.23 Å². The second-order valence-corrected chi connectivity index (χ2v) is 3.99. The lowest BCUT2D eigenvalue weighted by Crippen LogP contribution is -2.31. The van der Waals surface area contributed by atoms with Crippen LogP contribution >= 0.6 is 0 Å². The highest BCUT2D eigenvalue weighted by Gasteiger charge is 2.40. The Morgan fingerprint density at radius 1 is 1.12 bits per heavy atom.